The van der Waals surface area contributed by atoms with E-state index in [0.717, 1.165) is 46.6 Å². The van der Waals surface area contributed by atoms with Crippen LogP contribution in [0.15, 0.2) is 29.3 Å². The number of hydrogen-bond donors (Lipinski definition) is 0. The molecule has 0 atom stereocenters. The lowest BCUT2D eigenvalue weighted by molar-refractivity contribution is 0.408. The van der Waals surface area contributed by atoms with Crippen LogP contribution >= 0.6 is 0 Å². The summed E-state index contributed by atoms with van der Waals surface area (Å²) in [6.45, 7) is 10.5. The highest BCUT2D eigenvalue weighted by atomic mass is 16.5. The van der Waals surface area contributed by atoms with Crippen LogP contribution in [0.4, 0.5) is 0 Å². The summed E-state index contributed by atoms with van der Waals surface area (Å²) in [4.78, 5) is 4.92. The average molecular weight is 354 g/mol. The number of rotatable bonds is 7. The molecule has 0 bridgehead atoms. The highest BCUT2D eigenvalue weighted by molar-refractivity contribution is 5.59. The summed E-state index contributed by atoms with van der Waals surface area (Å²) in [5.41, 5.74) is 6.94. The lowest BCUT2D eigenvalue weighted by Gasteiger charge is -2.19. The maximum atomic E-state index is 5.53. The Kier molecular flexibility index (Phi) is 6.84. The van der Waals surface area contributed by atoms with Crippen LogP contribution in [-0.2, 0) is 0 Å². The van der Waals surface area contributed by atoms with Gasteiger partial charge in [0.15, 0.2) is 0 Å². The zero-order valence-corrected chi connectivity index (χ0v) is 17.1. The SMILES string of the molecule is CCCC=NC(c1cc(C)c(OC)c(C)c1)c1cc(C)c(OC)c(C)c1. The first-order chi connectivity index (χ1) is 12.4. The van der Waals surface area contributed by atoms with Gasteiger partial charge in [-0.15, -0.1) is 0 Å². The van der Waals surface area contributed by atoms with Gasteiger partial charge in [0.05, 0.1) is 20.3 Å². The van der Waals surface area contributed by atoms with Crippen molar-refractivity contribution in [3.05, 3.63) is 57.6 Å². The zero-order valence-electron chi connectivity index (χ0n) is 17.1. The van der Waals surface area contributed by atoms with E-state index < -0.39 is 0 Å². The van der Waals surface area contributed by atoms with E-state index in [2.05, 4.69) is 65.1 Å². The largest absolute Gasteiger partial charge is 0.496 e. The summed E-state index contributed by atoms with van der Waals surface area (Å²) in [6.07, 6.45) is 4.13. The number of methoxy groups -OCH3 is 2. The van der Waals surface area contributed by atoms with Crippen molar-refractivity contribution >= 4 is 6.21 Å². The molecule has 3 nitrogen and oxygen atoms in total. The van der Waals surface area contributed by atoms with Gasteiger partial charge in [0.1, 0.15) is 11.5 Å². The smallest absolute Gasteiger partial charge is 0.124 e. The van der Waals surface area contributed by atoms with Crippen molar-refractivity contribution in [2.75, 3.05) is 14.2 Å². The summed E-state index contributed by atoms with van der Waals surface area (Å²) in [7, 11) is 3.45. The maximum Gasteiger partial charge on any atom is 0.124 e. The fraction of sp³-hybridized carbons (Fsp3) is 0.435. The van der Waals surface area contributed by atoms with Crippen molar-refractivity contribution in [3.63, 3.8) is 0 Å². The van der Waals surface area contributed by atoms with Crippen LogP contribution < -0.4 is 9.47 Å². The molecule has 0 aliphatic rings. The summed E-state index contributed by atoms with van der Waals surface area (Å²) < 4.78 is 11.1. The fourth-order valence-corrected chi connectivity index (χ4v) is 3.60. The molecule has 0 unspecified atom stereocenters. The molecule has 0 fully saturated rings. The second-order valence-electron chi connectivity index (χ2n) is 6.90. The van der Waals surface area contributed by atoms with Crippen molar-refractivity contribution in [3.8, 4) is 11.5 Å². The van der Waals surface area contributed by atoms with Gasteiger partial charge >= 0.3 is 0 Å². The highest BCUT2D eigenvalue weighted by Gasteiger charge is 2.18. The third-order valence-electron chi connectivity index (χ3n) is 4.68. The molecular weight excluding hydrogens is 322 g/mol. The molecule has 0 saturated carbocycles. The first kappa shape index (κ1) is 20.0. The summed E-state index contributed by atoms with van der Waals surface area (Å²) >= 11 is 0. The van der Waals surface area contributed by atoms with Gasteiger partial charge in [0.25, 0.3) is 0 Å². The molecule has 2 aromatic rings. The minimum Gasteiger partial charge on any atom is -0.496 e. The third-order valence-corrected chi connectivity index (χ3v) is 4.68. The van der Waals surface area contributed by atoms with Crippen LogP contribution in [0.2, 0.25) is 0 Å². The van der Waals surface area contributed by atoms with Gasteiger partial charge in [-0.2, -0.15) is 0 Å². The van der Waals surface area contributed by atoms with E-state index in [1.165, 1.54) is 11.1 Å². The van der Waals surface area contributed by atoms with E-state index in [1.807, 2.05) is 0 Å². The monoisotopic (exact) mass is 353 g/mol. The predicted molar refractivity (Wildman–Crippen MR) is 110 cm³/mol. The Bertz CT molecular complexity index is 687. The Hall–Kier alpha value is -2.29. The van der Waals surface area contributed by atoms with Gasteiger partial charge in [-0.1, -0.05) is 13.3 Å². The molecule has 2 aromatic carbocycles. The molecule has 3 heteroatoms. The Morgan fingerprint density at radius 1 is 0.808 bits per heavy atom. The van der Waals surface area contributed by atoms with Crippen LogP contribution in [-0.4, -0.2) is 20.4 Å². The molecule has 0 radical (unpaired) electrons. The topological polar surface area (TPSA) is 30.8 Å². The van der Waals surface area contributed by atoms with Gasteiger partial charge in [0.2, 0.25) is 0 Å². The van der Waals surface area contributed by atoms with Crippen LogP contribution in [0.1, 0.15) is 59.2 Å². The third kappa shape index (κ3) is 4.27. The van der Waals surface area contributed by atoms with E-state index in [9.17, 15) is 0 Å². The molecule has 0 saturated heterocycles. The second-order valence-corrected chi connectivity index (χ2v) is 6.90. The molecular formula is C23H31NO2. The van der Waals surface area contributed by atoms with Crippen molar-refractivity contribution in [2.45, 2.75) is 53.5 Å². The number of hydrogen-bond acceptors (Lipinski definition) is 3. The van der Waals surface area contributed by atoms with E-state index >= 15 is 0 Å². The molecule has 0 heterocycles. The number of aliphatic imine (C=N–C) groups is 1. The quantitative estimate of drug-likeness (QED) is 0.580. The van der Waals surface area contributed by atoms with Crippen LogP contribution in [0, 0.1) is 27.7 Å². The van der Waals surface area contributed by atoms with Gasteiger partial charge in [-0.05, 0) is 98.0 Å². The number of benzene rings is 2. The minimum atomic E-state index is -0.0202. The zero-order chi connectivity index (χ0) is 19.3. The number of unbranched alkanes of at least 4 members (excludes halogenated alkanes) is 1. The van der Waals surface area contributed by atoms with E-state index in [0.29, 0.717) is 0 Å². The minimum absolute atomic E-state index is 0.0202. The first-order valence-corrected chi connectivity index (χ1v) is 9.24. The van der Waals surface area contributed by atoms with E-state index in [-0.39, 0.29) is 6.04 Å². The molecule has 0 aliphatic carbocycles. The first-order valence-electron chi connectivity index (χ1n) is 9.24. The Morgan fingerprint density at radius 2 is 1.19 bits per heavy atom. The van der Waals surface area contributed by atoms with Gasteiger partial charge < -0.3 is 9.47 Å². The molecule has 0 spiro atoms. The number of aryl methyl sites for hydroxylation is 4. The van der Waals surface area contributed by atoms with Gasteiger partial charge in [-0.25, -0.2) is 0 Å². The molecule has 0 N–H and O–H groups in total. The standard InChI is InChI=1S/C23H31NO2/c1-8-9-10-24-21(19-11-15(2)22(25-6)16(3)12-19)20-13-17(4)23(26-7)18(5)14-20/h10-14,21H,8-9H2,1-7H3. The van der Waals surface area contributed by atoms with Crippen LogP contribution in [0.5, 0.6) is 11.5 Å². The van der Waals surface area contributed by atoms with Crippen molar-refractivity contribution in [1.29, 1.82) is 0 Å². The normalized spacial score (nSPS) is 11.4. The van der Waals surface area contributed by atoms with E-state index in [4.69, 9.17) is 14.5 Å². The van der Waals surface area contributed by atoms with E-state index in [1.54, 1.807) is 14.2 Å². The Balaban J connectivity index is 2.58. The lowest BCUT2D eigenvalue weighted by Crippen LogP contribution is -2.04. The number of nitrogens with zero attached hydrogens (tertiary/aromatic N) is 1. The Morgan fingerprint density at radius 3 is 1.50 bits per heavy atom. The average Bonchev–Trinajstić information content (AvgIpc) is 2.58. The van der Waals surface area contributed by atoms with Crippen molar-refractivity contribution < 1.29 is 9.47 Å². The second kappa shape index (κ2) is 8.88. The Labute approximate surface area is 158 Å². The molecule has 26 heavy (non-hydrogen) atoms. The van der Waals surface area contributed by atoms with Crippen molar-refractivity contribution in [1.82, 2.24) is 0 Å². The molecule has 0 aliphatic heterocycles. The summed E-state index contributed by atoms with van der Waals surface area (Å²) in [6, 6.07) is 8.74. The molecule has 140 valence electrons. The van der Waals surface area contributed by atoms with Gasteiger partial charge in [0, 0.05) is 0 Å². The summed E-state index contributed by atoms with van der Waals surface area (Å²) in [5.74, 6) is 1.90. The predicted octanol–water partition coefficient (Wildman–Crippen LogP) is 5.90. The highest BCUT2D eigenvalue weighted by Crippen LogP contribution is 2.35. The van der Waals surface area contributed by atoms with Crippen LogP contribution in [0.25, 0.3) is 0 Å². The molecule has 0 aromatic heterocycles. The molecule has 0 amide bonds. The fourth-order valence-electron chi connectivity index (χ4n) is 3.60. The summed E-state index contributed by atoms with van der Waals surface area (Å²) in [5, 5.41) is 0. The molecule has 2 rings (SSSR count). The lowest BCUT2D eigenvalue weighted by atomic mass is 9.93. The van der Waals surface area contributed by atoms with Crippen molar-refractivity contribution in [2.24, 2.45) is 4.99 Å². The van der Waals surface area contributed by atoms with Gasteiger partial charge in [-0.3, -0.25) is 4.99 Å². The maximum absolute atomic E-state index is 5.53. The van der Waals surface area contributed by atoms with Crippen LogP contribution in [0.3, 0.4) is 0 Å². The number of ether oxygens (including phenoxy) is 2.